The van der Waals surface area contributed by atoms with Crippen LogP contribution in [0.4, 0.5) is 8.78 Å². The van der Waals surface area contributed by atoms with E-state index in [0.29, 0.717) is 11.1 Å². The van der Waals surface area contributed by atoms with Gasteiger partial charge in [0.25, 0.3) is 5.91 Å². The van der Waals surface area contributed by atoms with E-state index in [1.807, 2.05) is 0 Å². The zero-order valence-electron chi connectivity index (χ0n) is 13.5. The molecule has 2 atom stereocenters. The normalized spacial score (nSPS) is 24.7. The van der Waals surface area contributed by atoms with Gasteiger partial charge in [-0.2, -0.15) is 0 Å². The largest absolute Gasteiger partial charge is 0.586 e. The van der Waals surface area contributed by atoms with Crippen LogP contribution in [0, 0.1) is 0 Å². The number of ether oxygens (including phenoxy) is 2. The van der Waals surface area contributed by atoms with Crippen LogP contribution >= 0.6 is 0 Å². The maximum Gasteiger partial charge on any atom is 0.586 e. The summed E-state index contributed by atoms with van der Waals surface area (Å²) in [6.45, 7) is 1.41. The Labute approximate surface area is 146 Å². The summed E-state index contributed by atoms with van der Waals surface area (Å²) < 4.78 is 35.0. The van der Waals surface area contributed by atoms with Crippen molar-refractivity contribution in [3.05, 3.63) is 59.1 Å². The molecule has 2 N–H and O–H groups in total. The van der Waals surface area contributed by atoms with E-state index in [2.05, 4.69) is 25.1 Å². The van der Waals surface area contributed by atoms with Crippen molar-refractivity contribution in [2.24, 2.45) is 4.99 Å². The Bertz CT molecular complexity index is 907. The van der Waals surface area contributed by atoms with Gasteiger partial charge in [0.2, 0.25) is 0 Å². The first-order valence-corrected chi connectivity index (χ1v) is 7.77. The monoisotopic (exact) mass is 361 g/mol. The van der Waals surface area contributed by atoms with Crippen molar-refractivity contribution in [3.63, 3.8) is 0 Å². The van der Waals surface area contributed by atoms with Crippen molar-refractivity contribution in [1.82, 2.24) is 10.6 Å². The van der Waals surface area contributed by atoms with Crippen LogP contribution < -0.4 is 10.6 Å². The van der Waals surface area contributed by atoms with E-state index >= 15 is 0 Å². The minimum Gasteiger partial charge on any atom is -0.396 e. The van der Waals surface area contributed by atoms with E-state index in [9.17, 15) is 18.4 Å². The van der Waals surface area contributed by atoms with E-state index in [4.69, 9.17) is 0 Å². The van der Waals surface area contributed by atoms with Gasteiger partial charge in [0, 0.05) is 11.1 Å². The van der Waals surface area contributed by atoms with Gasteiger partial charge in [-0.1, -0.05) is 12.1 Å². The van der Waals surface area contributed by atoms with Gasteiger partial charge in [-0.05, 0) is 31.2 Å². The summed E-state index contributed by atoms with van der Waals surface area (Å²) >= 11 is 0. The fourth-order valence-electron chi connectivity index (χ4n) is 2.85. The third kappa shape index (κ3) is 2.92. The summed E-state index contributed by atoms with van der Waals surface area (Å²) in [5.41, 5.74) is 0.724. The number of benzene rings is 1. The molecule has 1 amide bonds. The van der Waals surface area contributed by atoms with Gasteiger partial charge in [0.15, 0.2) is 23.3 Å². The zero-order chi connectivity index (χ0) is 18.5. The molecule has 1 aromatic carbocycles. The fraction of sp³-hybridized carbons (Fsp3) is 0.235. The smallest absolute Gasteiger partial charge is 0.396 e. The van der Waals surface area contributed by atoms with Crippen LogP contribution in [-0.4, -0.2) is 36.0 Å². The van der Waals surface area contributed by atoms with Gasteiger partial charge in [-0.15, -0.1) is 8.78 Å². The van der Waals surface area contributed by atoms with Crippen molar-refractivity contribution in [2.45, 2.75) is 25.3 Å². The Kier molecular flexibility index (Phi) is 3.53. The third-order valence-corrected chi connectivity index (χ3v) is 4.07. The number of nitrogens with zero attached hydrogens (tertiary/aromatic N) is 1. The van der Waals surface area contributed by atoms with Crippen LogP contribution in [0.1, 0.15) is 27.6 Å². The first-order valence-electron chi connectivity index (χ1n) is 7.77. The standard InChI is InChI=1S/C17H13F2N3O4/c1-8(23)9-3-2-4-10(5-9)15(24)22-16-20-11-6-13-14(7-12(11)21-16)26-17(18,19)25-13/h2-7,11-12H,1H3,(H2,20,21,22,24). The number of aliphatic imine (C=N–C) groups is 1. The van der Waals surface area contributed by atoms with Crippen LogP contribution in [0.25, 0.3) is 0 Å². The molecular formula is C17H13F2N3O4. The van der Waals surface area contributed by atoms with E-state index in [1.54, 1.807) is 18.2 Å². The Balaban J connectivity index is 1.48. The molecule has 1 aliphatic carbocycles. The van der Waals surface area contributed by atoms with E-state index in [-0.39, 0.29) is 23.3 Å². The lowest BCUT2D eigenvalue weighted by molar-refractivity contribution is -0.326. The highest BCUT2D eigenvalue weighted by Crippen LogP contribution is 2.39. The number of alkyl halides is 2. The number of fused-ring (bicyclic) bond motifs is 2. The second kappa shape index (κ2) is 5.65. The molecule has 4 rings (SSSR count). The second-order valence-corrected chi connectivity index (χ2v) is 5.96. The highest BCUT2D eigenvalue weighted by molar-refractivity contribution is 6.07. The maximum atomic E-state index is 13.1. The number of guanidine groups is 1. The summed E-state index contributed by atoms with van der Waals surface area (Å²) in [6, 6.07) is 5.34. The molecule has 0 saturated carbocycles. The molecular weight excluding hydrogens is 348 g/mol. The molecule has 1 saturated heterocycles. The topological polar surface area (TPSA) is 89.0 Å². The Morgan fingerprint density at radius 3 is 2.62 bits per heavy atom. The lowest BCUT2D eigenvalue weighted by atomic mass is 10.0. The number of Topliss-reactive ketones (excluding diaryl/α,β-unsaturated/α-hetero) is 1. The highest BCUT2D eigenvalue weighted by Gasteiger charge is 2.48. The fourth-order valence-corrected chi connectivity index (χ4v) is 2.85. The quantitative estimate of drug-likeness (QED) is 0.783. The Hall–Kier alpha value is -3.23. The average Bonchev–Trinajstić information content (AvgIpc) is 3.09. The number of ketones is 1. The molecule has 2 heterocycles. The lowest BCUT2D eigenvalue weighted by Crippen LogP contribution is -2.42. The van der Waals surface area contributed by atoms with Gasteiger partial charge in [0.05, 0.1) is 12.1 Å². The number of hydrogen-bond donors (Lipinski definition) is 2. The molecule has 2 unspecified atom stereocenters. The second-order valence-electron chi connectivity index (χ2n) is 5.96. The lowest BCUT2D eigenvalue weighted by Gasteiger charge is -2.16. The van der Waals surface area contributed by atoms with Crippen molar-refractivity contribution >= 4 is 17.6 Å². The Morgan fingerprint density at radius 1 is 1.19 bits per heavy atom. The van der Waals surface area contributed by atoms with Gasteiger partial charge < -0.3 is 14.8 Å². The molecule has 0 radical (unpaired) electrons. The first-order chi connectivity index (χ1) is 12.3. The molecule has 0 aromatic heterocycles. The summed E-state index contributed by atoms with van der Waals surface area (Å²) in [4.78, 5) is 28.0. The summed E-state index contributed by atoms with van der Waals surface area (Å²) in [7, 11) is 0. The van der Waals surface area contributed by atoms with Crippen LogP contribution in [0.3, 0.4) is 0 Å². The van der Waals surface area contributed by atoms with E-state index in [1.165, 1.54) is 25.1 Å². The number of halogens is 2. The summed E-state index contributed by atoms with van der Waals surface area (Å²) in [5, 5.41) is 5.52. The number of carbonyl (C=O) groups is 2. The number of nitrogens with one attached hydrogen (secondary N) is 2. The molecule has 134 valence electrons. The van der Waals surface area contributed by atoms with Crippen LogP contribution in [-0.2, 0) is 9.47 Å². The minimum atomic E-state index is -3.68. The number of rotatable bonds is 2. The molecule has 7 nitrogen and oxygen atoms in total. The third-order valence-electron chi connectivity index (χ3n) is 4.07. The number of hydrogen-bond acceptors (Lipinski definition) is 6. The first kappa shape index (κ1) is 16.2. The highest BCUT2D eigenvalue weighted by atomic mass is 19.3. The molecule has 26 heavy (non-hydrogen) atoms. The predicted octanol–water partition coefficient (Wildman–Crippen LogP) is 1.69. The van der Waals surface area contributed by atoms with Crippen LogP contribution in [0.5, 0.6) is 0 Å². The molecule has 0 spiro atoms. The molecule has 9 heteroatoms. The maximum absolute atomic E-state index is 13.1. The van der Waals surface area contributed by atoms with Crippen LogP contribution in [0.2, 0.25) is 0 Å². The van der Waals surface area contributed by atoms with Gasteiger partial charge >= 0.3 is 6.29 Å². The number of amides is 1. The van der Waals surface area contributed by atoms with Crippen LogP contribution in [0.15, 0.2) is 52.9 Å². The van der Waals surface area contributed by atoms with Crippen molar-refractivity contribution in [2.75, 3.05) is 0 Å². The average molecular weight is 361 g/mol. The summed E-state index contributed by atoms with van der Waals surface area (Å²) in [5.74, 6) is -0.552. The molecule has 2 aliphatic heterocycles. The van der Waals surface area contributed by atoms with Gasteiger partial charge in [-0.3, -0.25) is 14.9 Å². The molecule has 0 bridgehead atoms. The van der Waals surface area contributed by atoms with E-state index < -0.39 is 24.3 Å². The van der Waals surface area contributed by atoms with Crippen molar-refractivity contribution in [3.8, 4) is 0 Å². The number of carbonyl (C=O) groups excluding carboxylic acids is 2. The molecule has 3 aliphatic rings. The SMILES string of the molecule is CC(=O)c1cccc(C(=O)NC2=NC3C=C4OC(F)(F)OC4=CC3N2)c1. The van der Waals surface area contributed by atoms with Crippen molar-refractivity contribution in [1.29, 1.82) is 0 Å². The molecule has 1 fully saturated rings. The Morgan fingerprint density at radius 2 is 1.88 bits per heavy atom. The minimum absolute atomic E-state index is 0.0688. The van der Waals surface area contributed by atoms with Crippen molar-refractivity contribution < 1.29 is 27.8 Å². The van der Waals surface area contributed by atoms with E-state index in [0.717, 1.165) is 0 Å². The van der Waals surface area contributed by atoms with Gasteiger partial charge in [0.1, 0.15) is 0 Å². The zero-order valence-corrected chi connectivity index (χ0v) is 13.5. The van der Waals surface area contributed by atoms with Gasteiger partial charge in [-0.25, -0.2) is 4.99 Å². The summed E-state index contributed by atoms with van der Waals surface area (Å²) in [6.07, 6.45) is -0.845. The predicted molar refractivity (Wildman–Crippen MR) is 85.3 cm³/mol. The molecule has 1 aromatic rings.